The van der Waals surface area contributed by atoms with E-state index in [1.807, 2.05) is 0 Å². The first-order chi connectivity index (χ1) is 8.16. The standard InChI is InChI=1S/C13H21N3O/c1-10(2)5-4-8-16-13(17)9-12-11(15-16)6-3-7-14-12/h9-10,14H,3-8H2,1-2H3. The monoisotopic (exact) mass is 235 g/mol. The Bertz CT molecular complexity index is 437. The molecule has 0 atom stereocenters. The van der Waals surface area contributed by atoms with Crippen LogP contribution in [0.2, 0.25) is 0 Å². The van der Waals surface area contributed by atoms with Crippen molar-refractivity contribution in [2.75, 3.05) is 11.9 Å². The fraction of sp³-hybridized carbons (Fsp3) is 0.692. The van der Waals surface area contributed by atoms with Gasteiger partial charge in [-0.25, -0.2) is 4.68 Å². The number of nitrogens with one attached hydrogen (secondary N) is 1. The third-order valence-corrected chi connectivity index (χ3v) is 3.13. The van der Waals surface area contributed by atoms with E-state index in [2.05, 4.69) is 24.3 Å². The number of rotatable bonds is 4. The van der Waals surface area contributed by atoms with Crippen molar-refractivity contribution in [1.82, 2.24) is 9.78 Å². The van der Waals surface area contributed by atoms with Gasteiger partial charge in [-0.2, -0.15) is 5.10 Å². The third-order valence-electron chi connectivity index (χ3n) is 3.13. The number of nitrogens with zero attached hydrogens (tertiary/aromatic N) is 2. The van der Waals surface area contributed by atoms with Gasteiger partial charge in [0.05, 0.1) is 11.4 Å². The van der Waals surface area contributed by atoms with E-state index >= 15 is 0 Å². The molecule has 0 radical (unpaired) electrons. The molecule has 0 spiro atoms. The molecule has 0 saturated heterocycles. The zero-order valence-electron chi connectivity index (χ0n) is 10.7. The highest BCUT2D eigenvalue weighted by molar-refractivity contribution is 5.48. The summed E-state index contributed by atoms with van der Waals surface area (Å²) in [6.45, 7) is 6.09. The zero-order chi connectivity index (χ0) is 12.3. The molecule has 0 aliphatic carbocycles. The van der Waals surface area contributed by atoms with Gasteiger partial charge in [0.2, 0.25) is 0 Å². The first-order valence-electron chi connectivity index (χ1n) is 6.51. The molecule has 0 aromatic carbocycles. The Labute approximate surface area is 102 Å². The van der Waals surface area contributed by atoms with Gasteiger partial charge in [0, 0.05) is 19.2 Å². The van der Waals surface area contributed by atoms with Crippen molar-refractivity contribution in [3.63, 3.8) is 0 Å². The van der Waals surface area contributed by atoms with E-state index in [9.17, 15) is 4.79 Å². The van der Waals surface area contributed by atoms with Crippen LogP contribution < -0.4 is 10.9 Å². The fourth-order valence-electron chi connectivity index (χ4n) is 2.16. The number of fused-ring (bicyclic) bond motifs is 1. The second kappa shape index (κ2) is 5.34. The van der Waals surface area contributed by atoms with Crippen LogP contribution in [0.1, 0.15) is 38.8 Å². The molecule has 1 aliphatic rings. The molecule has 2 heterocycles. The molecular formula is C13H21N3O. The van der Waals surface area contributed by atoms with Crippen LogP contribution in [0.4, 0.5) is 5.69 Å². The summed E-state index contributed by atoms with van der Waals surface area (Å²) in [5.74, 6) is 0.685. The third kappa shape index (κ3) is 3.08. The molecule has 1 N–H and O–H groups in total. The van der Waals surface area contributed by atoms with Gasteiger partial charge in [0.1, 0.15) is 0 Å². The van der Waals surface area contributed by atoms with E-state index in [0.717, 1.165) is 50.2 Å². The Morgan fingerprint density at radius 3 is 3.12 bits per heavy atom. The van der Waals surface area contributed by atoms with Gasteiger partial charge >= 0.3 is 0 Å². The molecule has 4 heteroatoms. The van der Waals surface area contributed by atoms with E-state index in [1.165, 1.54) is 0 Å². The van der Waals surface area contributed by atoms with E-state index < -0.39 is 0 Å². The molecule has 0 fully saturated rings. The Morgan fingerprint density at radius 2 is 2.35 bits per heavy atom. The predicted octanol–water partition coefficient (Wildman–Crippen LogP) is 2.04. The number of aryl methyl sites for hydroxylation is 2. The lowest BCUT2D eigenvalue weighted by atomic mass is 10.1. The van der Waals surface area contributed by atoms with Gasteiger partial charge in [-0.05, 0) is 31.6 Å². The van der Waals surface area contributed by atoms with Crippen LogP contribution >= 0.6 is 0 Å². The van der Waals surface area contributed by atoms with Crippen LogP contribution in [0.25, 0.3) is 0 Å². The summed E-state index contributed by atoms with van der Waals surface area (Å²) in [7, 11) is 0. The quantitative estimate of drug-likeness (QED) is 0.868. The highest BCUT2D eigenvalue weighted by atomic mass is 16.1. The van der Waals surface area contributed by atoms with Crippen LogP contribution in [0, 0.1) is 5.92 Å². The van der Waals surface area contributed by atoms with Crippen molar-refractivity contribution < 1.29 is 0 Å². The summed E-state index contributed by atoms with van der Waals surface area (Å²) >= 11 is 0. The molecule has 0 bridgehead atoms. The summed E-state index contributed by atoms with van der Waals surface area (Å²) in [5.41, 5.74) is 1.99. The maximum atomic E-state index is 11.8. The topological polar surface area (TPSA) is 46.9 Å². The number of hydrogen-bond acceptors (Lipinski definition) is 3. The Hall–Kier alpha value is -1.32. The molecule has 94 valence electrons. The van der Waals surface area contributed by atoms with Crippen molar-refractivity contribution >= 4 is 5.69 Å². The summed E-state index contributed by atoms with van der Waals surface area (Å²) in [5, 5.41) is 7.68. The minimum Gasteiger partial charge on any atom is -0.383 e. The normalized spacial score (nSPS) is 14.5. The van der Waals surface area contributed by atoms with Crippen LogP contribution in [0.5, 0.6) is 0 Å². The summed E-state index contributed by atoms with van der Waals surface area (Å²) in [6.07, 6.45) is 4.25. The Balaban J connectivity index is 2.09. The Morgan fingerprint density at radius 1 is 1.53 bits per heavy atom. The smallest absolute Gasteiger partial charge is 0.268 e. The van der Waals surface area contributed by atoms with E-state index in [0.29, 0.717) is 5.92 Å². The molecule has 1 aliphatic heterocycles. The van der Waals surface area contributed by atoms with Crippen LogP contribution in [-0.4, -0.2) is 16.3 Å². The van der Waals surface area contributed by atoms with Gasteiger partial charge in [0.25, 0.3) is 5.56 Å². The summed E-state index contributed by atoms with van der Waals surface area (Å²) in [6, 6.07) is 1.69. The molecule has 1 aromatic heterocycles. The van der Waals surface area contributed by atoms with Crippen molar-refractivity contribution in [3.05, 3.63) is 22.1 Å². The van der Waals surface area contributed by atoms with E-state index in [1.54, 1.807) is 10.7 Å². The molecule has 0 unspecified atom stereocenters. The Kier molecular flexibility index (Phi) is 3.82. The summed E-state index contributed by atoms with van der Waals surface area (Å²) in [4.78, 5) is 11.8. The average molecular weight is 235 g/mol. The molecule has 17 heavy (non-hydrogen) atoms. The van der Waals surface area contributed by atoms with Gasteiger partial charge in [-0.15, -0.1) is 0 Å². The molecule has 2 rings (SSSR count). The van der Waals surface area contributed by atoms with Crippen LogP contribution in [0.15, 0.2) is 10.9 Å². The lowest BCUT2D eigenvalue weighted by molar-refractivity contribution is 0.471. The second-order valence-electron chi connectivity index (χ2n) is 5.13. The van der Waals surface area contributed by atoms with Gasteiger partial charge < -0.3 is 5.32 Å². The molecule has 1 aromatic rings. The predicted molar refractivity (Wildman–Crippen MR) is 69.4 cm³/mol. The van der Waals surface area contributed by atoms with Crippen LogP contribution in [-0.2, 0) is 13.0 Å². The van der Waals surface area contributed by atoms with Crippen molar-refractivity contribution in [3.8, 4) is 0 Å². The van der Waals surface area contributed by atoms with Gasteiger partial charge in [0.15, 0.2) is 0 Å². The minimum atomic E-state index is 0.0157. The van der Waals surface area contributed by atoms with Crippen molar-refractivity contribution in [2.45, 2.75) is 46.1 Å². The fourth-order valence-corrected chi connectivity index (χ4v) is 2.16. The van der Waals surface area contributed by atoms with Gasteiger partial charge in [-0.1, -0.05) is 13.8 Å². The van der Waals surface area contributed by atoms with E-state index in [-0.39, 0.29) is 5.56 Å². The first-order valence-corrected chi connectivity index (χ1v) is 6.51. The molecule has 0 amide bonds. The minimum absolute atomic E-state index is 0.0157. The van der Waals surface area contributed by atoms with Crippen LogP contribution in [0.3, 0.4) is 0 Å². The maximum absolute atomic E-state index is 11.8. The maximum Gasteiger partial charge on any atom is 0.268 e. The lowest BCUT2D eigenvalue weighted by Gasteiger charge is -2.17. The number of hydrogen-bond donors (Lipinski definition) is 1. The molecule has 0 saturated carbocycles. The first kappa shape index (κ1) is 12.1. The highest BCUT2D eigenvalue weighted by Gasteiger charge is 2.12. The second-order valence-corrected chi connectivity index (χ2v) is 5.13. The highest BCUT2D eigenvalue weighted by Crippen LogP contribution is 2.16. The number of aromatic nitrogens is 2. The van der Waals surface area contributed by atoms with Gasteiger partial charge in [-0.3, -0.25) is 4.79 Å². The lowest BCUT2D eigenvalue weighted by Crippen LogP contribution is -2.27. The van der Waals surface area contributed by atoms with Crippen molar-refractivity contribution in [1.29, 1.82) is 0 Å². The van der Waals surface area contributed by atoms with E-state index in [4.69, 9.17) is 0 Å². The van der Waals surface area contributed by atoms with Crippen molar-refractivity contribution in [2.24, 2.45) is 5.92 Å². The SMILES string of the molecule is CC(C)CCCn1nc2c(cc1=O)NCCC2. The zero-order valence-corrected chi connectivity index (χ0v) is 10.7. The summed E-state index contributed by atoms with van der Waals surface area (Å²) < 4.78 is 1.62. The largest absolute Gasteiger partial charge is 0.383 e. The molecular weight excluding hydrogens is 214 g/mol. The number of anilines is 1. The average Bonchev–Trinajstić information content (AvgIpc) is 2.29. The molecule has 4 nitrogen and oxygen atoms in total.